The third-order valence-corrected chi connectivity index (χ3v) is 2.23. The molecule has 1 rings (SSSR count). The van der Waals surface area contributed by atoms with Crippen LogP contribution in [0.4, 0.5) is 0 Å². The van der Waals surface area contributed by atoms with E-state index in [0.29, 0.717) is 5.70 Å². The van der Waals surface area contributed by atoms with Gasteiger partial charge in [0.05, 0.1) is 0 Å². The van der Waals surface area contributed by atoms with Crippen LogP contribution in [0.1, 0.15) is 24.0 Å². The highest BCUT2D eigenvalue weighted by Gasteiger charge is 2.07. The van der Waals surface area contributed by atoms with Gasteiger partial charge in [0.25, 0.3) is 0 Å². The number of aryl methyl sites for hydroxylation is 1. The van der Waals surface area contributed by atoms with E-state index in [1.54, 1.807) is 0 Å². The average Bonchev–Trinajstić information content (AvgIpc) is 2.15. The van der Waals surface area contributed by atoms with Crippen molar-refractivity contribution in [2.75, 3.05) is 0 Å². The number of hydrogen-bond donors (Lipinski definition) is 2. The Hall–Kier alpha value is -1.44. The molecule has 0 unspecified atom stereocenters. The number of hydrogen-bond acceptors (Lipinski definition) is 2. The topological polar surface area (TPSA) is 52.0 Å². The molecular weight excluding hydrogens is 160 g/mol. The van der Waals surface area contributed by atoms with Crippen LogP contribution in [0.5, 0.6) is 0 Å². The molecule has 0 aliphatic heterocycles. The fraction of sp³-hybridized carbons (Fsp3) is 0.273. The second-order valence-corrected chi connectivity index (χ2v) is 3.30. The highest BCUT2D eigenvalue weighted by molar-refractivity contribution is 5.29. The van der Waals surface area contributed by atoms with Gasteiger partial charge in [0, 0.05) is 17.8 Å². The van der Waals surface area contributed by atoms with E-state index >= 15 is 0 Å². The minimum Gasteiger partial charge on any atom is -0.403 e. The molecule has 13 heavy (non-hydrogen) atoms. The average molecular weight is 176 g/mol. The van der Waals surface area contributed by atoms with Crippen molar-refractivity contribution in [2.24, 2.45) is 11.5 Å². The summed E-state index contributed by atoms with van der Waals surface area (Å²) in [5.74, 6) is 0.199. The first-order chi connectivity index (χ1) is 6.15. The van der Waals surface area contributed by atoms with Crippen LogP contribution in [0.15, 0.2) is 36.2 Å². The van der Waals surface area contributed by atoms with Gasteiger partial charge in [0.15, 0.2) is 0 Å². The first kappa shape index (κ1) is 9.65. The first-order valence-corrected chi connectivity index (χ1v) is 4.39. The monoisotopic (exact) mass is 176 g/mol. The summed E-state index contributed by atoms with van der Waals surface area (Å²) in [7, 11) is 0. The fourth-order valence-corrected chi connectivity index (χ4v) is 1.28. The van der Waals surface area contributed by atoms with Crippen LogP contribution < -0.4 is 11.5 Å². The minimum atomic E-state index is 0.199. The van der Waals surface area contributed by atoms with Crippen molar-refractivity contribution in [1.82, 2.24) is 0 Å². The van der Waals surface area contributed by atoms with Crippen LogP contribution in [0, 0.1) is 6.92 Å². The quantitative estimate of drug-likeness (QED) is 0.722. The Kier molecular flexibility index (Phi) is 2.96. The van der Waals surface area contributed by atoms with E-state index in [0.717, 1.165) is 0 Å². The summed E-state index contributed by atoms with van der Waals surface area (Å²) < 4.78 is 0. The number of rotatable bonds is 2. The maximum absolute atomic E-state index is 5.73. The summed E-state index contributed by atoms with van der Waals surface area (Å²) in [5.41, 5.74) is 14.3. The lowest BCUT2D eigenvalue weighted by molar-refractivity contribution is 0.870. The summed E-state index contributed by atoms with van der Waals surface area (Å²) in [4.78, 5) is 0. The van der Waals surface area contributed by atoms with Crippen molar-refractivity contribution in [3.8, 4) is 0 Å². The Morgan fingerprint density at radius 1 is 1.46 bits per heavy atom. The molecule has 70 valence electrons. The molecule has 2 nitrogen and oxygen atoms in total. The number of allylic oxidation sites excluding steroid dienone is 1. The van der Waals surface area contributed by atoms with Gasteiger partial charge in [-0.1, -0.05) is 36.8 Å². The van der Waals surface area contributed by atoms with Crippen LogP contribution in [0.2, 0.25) is 0 Å². The largest absolute Gasteiger partial charge is 0.403 e. The van der Waals surface area contributed by atoms with Gasteiger partial charge in [-0.15, -0.1) is 0 Å². The SMILES string of the molecule is Cc1cccc([C@H](C)/C(N)=C/N)c1. The van der Waals surface area contributed by atoms with Gasteiger partial charge in [0.2, 0.25) is 0 Å². The predicted molar refractivity (Wildman–Crippen MR) is 56.1 cm³/mol. The van der Waals surface area contributed by atoms with Gasteiger partial charge in [0.1, 0.15) is 0 Å². The molecular formula is C11H16N2. The molecule has 0 amide bonds. The van der Waals surface area contributed by atoms with Gasteiger partial charge in [-0.25, -0.2) is 0 Å². The molecule has 0 aromatic heterocycles. The Morgan fingerprint density at radius 2 is 2.15 bits per heavy atom. The third-order valence-electron chi connectivity index (χ3n) is 2.23. The second kappa shape index (κ2) is 3.99. The maximum atomic E-state index is 5.73. The lowest BCUT2D eigenvalue weighted by Gasteiger charge is -2.12. The molecule has 0 fully saturated rings. The summed E-state index contributed by atoms with van der Waals surface area (Å²) in [6, 6.07) is 8.29. The molecule has 0 aliphatic carbocycles. The molecule has 0 heterocycles. The second-order valence-electron chi connectivity index (χ2n) is 3.30. The minimum absolute atomic E-state index is 0.199. The van der Waals surface area contributed by atoms with Crippen molar-refractivity contribution in [1.29, 1.82) is 0 Å². The Balaban J connectivity index is 2.95. The molecule has 0 radical (unpaired) electrons. The van der Waals surface area contributed by atoms with E-state index in [2.05, 4.69) is 25.1 Å². The Morgan fingerprint density at radius 3 is 2.69 bits per heavy atom. The van der Waals surface area contributed by atoms with Crippen LogP contribution >= 0.6 is 0 Å². The van der Waals surface area contributed by atoms with Crippen LogP contribution in [0.3, 0.4) is 0 Å². The third kappa shape index (κ3) is 2.25. The molecule has 1 aromatic carbocycles. The van der Waals surface area contributed by atoms with Crippen molar-refractivity contribution >= 4 is 0 Å². The van der Waals surface area contributed by atoms with Crippen LogP contribution in [-0.2, 0) is 0 Å². The van der Waals surface area contributed by atoms with Gasteiger partial charge in [-0.3, -0.25) is 0 Å². The zero-order valence-corrected chi connectivity index (χ0v) is 8.12. The van der Waals surface area contributed by atoms with Crippen molar-refractivity contribution in [3.05, 3.63) is 47.3 Å². The highest BCUT2D eigenvalue weighted by atomic mass is 14.6. The molecule has 0 spiro atoms. The maximum Gasteiger partial charge on any atom is 0.0311 e. The Labute approximate surface area is 79.2 Å². The van der Waals surface area contributed by atoms with Gasteiger partial charge < -0.3 is 11.5 Å². The summed E-state index contributed by atoms with van der Waals surface area (Å²) in [6.07, 6.45) is 1.47. The van der Waals surface area contributed by atoms with Crippen molar-refractivity contribution in [3.63, 3.8) is 0 Å². The zero-order chi connectivity index (χ0) is 9.84. The summed E-state index contributed by atoms with van der Waals surface area (Å²) >= 11 is 0. The van der Waals surface area contributed by atoms with Crippen LogP contribution in [0.25, 0.3) is 0 Å². The smallest absolute Gasteiger partial charge is 0.0311 e. The van der Waals surface area contributed by atoms with Crippen molar-refractivity contribution in [2.45, 2.75) is 19.8 Å². The molecule has 2 heteroatoms. The van der Waals surface area contributed by atoms with E-state index in [-0.39, 0.29) is 5.92 Å². The predicted octanol–water partition coefficient (Wildman–Crippen LogP) is 1.86. The van der Waals surface area contributed by atoms with Crippen LogP contribution in [-0.4, -0.2) is 0 Å². The number of nitrogens with two attached hydrogens (primary N) is 2. The van der Waals surface area contributed by atoms with E-state index in [1.165, 1.54) is 17.3 Å². The van der Waals surface area contributed by atoms with Gasteiger partial charge in [-0.05, 0) is 12.5 Å². The molecule has 1 atom stereocenters. The molecule has 0 bridgehead atoms. The fourth-order valence-electron chi connectivity index (χ4n) is 1.28. The molecule has 1 aromatic rings. The van der Waals surface area contributed by atoms with E-state index < -0.39 is 0 Å². The van der Waals surface area contributed by atoms with E-state index in [4.69, 9.17) is 11.5 Å². The molecule has 0 saturated heterocycles. The van der Waals surface area contributed by atoms with Gasteiger partial charge in [-0.2, -0.15) is 0 Å². The molecule has 0 aliphatic rings. The zero-order valence-electron chi connectivity index (χ0n) is 8.12. The molecule has 0 saturated carbocycles. The first-order valence-electron chi connectivity index (χ1n) is 4.39. The van der Waals surface area contributed by atoms with E-state index in [9.17, 15) is 0 Å². The van der Waals surface area contributed by atoms with Gasteiger partial charge >= 0.3 is 0 Å². The standard InChI is InChI=1S/C11H16N2/c1-8-4-3-5-10(6-8)9(2)11(13)7-12/h3-7,9H,12-13H2,1-2H3/b11-7-/t9-/m0/s1. The summed E-state index contributed by atoms with van der Waals surface area (Å²) in [5, 5.41) is 0. The van der Waals surface area contributed by atoms with E-state index in [1.807, 2.05) is 13.0 Å². The Bertz CT molecular complexity index is 316. The van der Waals surface area contributed by atoms with Crippen molar-refractivity contribution < 1.29 is 0 Å². The highest BCUT2D eigenvalue weighted by Crippen LogP contribution is 2.20. The lowest BCUT2D eigenvalue weighted by Crippen LogP contribution is -2.09. The molecule has 4 N–H and O–H groups in total. The summed E-state index contributed by atoms with van der Waals surface area (Å²) in [6.45, 7) is 4.12. The normalized spacial score (nSPS) is 14.2. The number of benzene rings is 1. The lowest BCUT2D eigenvalue weighted by atomic mass is 9.97.